The molecular weight excluding hydrogens is 358 g/mol. The molecule has 1 aromatic heterocycles. The van der Waals surface area contributed by atoms with Crippen molar-refractivity contribution in [3.63, 3.8) is 0 Å². The van der Waals surface area contributed by atoms with E-state index in [0.29, 0.717) is 18.3 Å². The van der Waals surface area contributed by atoms with Crippen LogP contribution in [0, 0.1) is 11.6 Å². The van der Waals surface area contributed by atoms with Gasteiger partial charge in [0, 0.05) is 18.4 Å². The van der Waals surface area contributed by atoms with Crippen molar-refractivity contribution in [2.45, 2.75) is 26.3 Å². The second-order valence-electron chi connectivity index (χ2n) is 6.05. The third-order valence-corrected chi connectivity index (χ3v) is 4.02. The fraction of sp³-hybridized carbons (Fsp3) is 0.389. The second kappa shape index (κ2) is 8.26. The summed E-state index contributed by atoms with van der Waals surface area (Å²) < 4.78 is 39.5. The van der Waals surface area contributed by atoms with Gasteiger partial charge in [-0.25, -0.2) is 18.3 Å². The Morgan fingerprint density at radius 1 is 1.22 bits per heavy atom. The third kappa shape index (κ3) is 4.13. The maximum absolute atomic E-state index is 13.8. The zero-order valence-electron chi connectivity index (χ0n) is 15.0. The number of aromatic nitrogens is 3. The Balaban J connectivity index is 1.91. The Bertz CT molecular complexity index is 846. The summed E-state index contributed by atoms with van der Waals surface area (Å²) in [5, 5.41) is 7.05. The van der Waals surface area contributed by atoms with Crippen LogP contribution in [0.1, 0.15) is 31.9 Å². The number of allylic oxidation sites excluding steroid dienone is 1. The monoisotopic (exact) mass is 378 g/mol. The van der Waals surface area contributed by atoms with Crippen LogP contribution in [0.15, 0.2) is 35.8 Å². The summed E-state index contributed by atoms with van der Waals surface area (Å²) in [7, 11) is 0. The van der Waals surface area contributed by atoms with E-state index < -0.39 is 23.6 Å². The molecule has 0 amide bonds. The number of nitrogens with one attached hydrogen (secondary N) is 1. The molecule has 0 aliphatic carbocycles. The lowest BCUT2D eigenvalue weighted by Gasteiger charge is -2.28. The van der Waals surface area contributed by atoms with E-state index >= 15 is 0 Å². The van der Waals surface area contributed by atoms with E-state index in [0.717, 1.165) is 24.6 Å². The highest BCUT2D eigenvalue weighted by Gasteiger charge is 2.34. The standard InChI is InChI=1S/C18H20F2N4O3/c1-3-4-26-5-6-27-17(25)15-11(2)23-18-21-10-22-24(18)16(15)12-7-13(19)9-14(20)8-12/h7-10,16H,3-6H2,1-2H3,(H,21,22,23)/t16-/m0/s1. The summed E-state index contributed by atoms with van der Waals surface area (Å²) in [4.78, 5) is 16.8. The van der Waals surface area contributed by atoms with Gasteiger partial charge in [0.15, 0.2) is 0 Å². The fourth-order valence-electron chi connectivity index (χ4n) is 2.91. The summed E-state index contributed by atoms with van der Waals surface area (Å²) in [5.41, 5.74) is 0.910. The van der Waals surface area contributed by atoms with Gasteiger partial charge in [-0.15, -0.1) is 0 Å². The lowest BCUT2D eigenvalue weighted by Crippen LogP contribution is -2.30. The number of fused-ring (bicyclic) bond motifs is 1. The molecule has 1 aliphatic rings. The van der Waals surface area contributed by atoms with Crippen molar-refractivity contribution >= 4 is 11.9 Å². The van der Waals surface area contributed by atoms with Crippen LogP contribution < -0.4 is 5.32 Å². The number of esters is 1. The zero-order valence-corrected chi connectivity index (χ0v) is 15.0. The minimum atomic E-state index is -0.863. The van der Waals surface area contributed by atoms with Crippen molar-refractivity contribution in [3.05, 3.63) is 53.0 Å². The number of hydrogen-bond acceptors (Lipinski definition) is 6. The van der Waals surface area contributed by atoms with Crippen molar-refractivity contribution in [1.82, 2.24) is 14.8 Å². The Hall–Kier alpha value is -2.81. The summed E-state index contributed by atoms with van der Waals surface area (Å²) in [5.74, 6) is -1.74. The number of anilines is 1. The van der Waals surface area contributed by atoms with Gasteiger partial charge in [0.25, 0.3) is 0 Å². The van der Waals surface area contributed by atoms with Crippen LogP contribution in [-0.4, -0.2) is 40.6 Å². The van der Waals surface area contributed by atoms with Gasteiger partial charge < -0.3 is 14.8 Å². The third-order valence-electron chi connectivity index (χ3n) is 4.02. The Kier molecular flexibility index (Phi) is 5.80. The minimum absolute atomic E-state index is 0.0735. The van der Waals surface area contributed by atoms with Gasteiger partial charge in [0.2, 0.25) is 5.95 Å². The quantitative estimate of drug-likeness (QED) is 0.590. The predicted octanol–water partition coefficient (Wildman–Crippen LogP) is 2.82. The first kappa shape index (κ1) is 19.0. The normalized spacial score (nSPS) is 16.1. The fourth-order valence-corrected chi connectivity index (χ4v) is 2.91. The molecule has 0 radical (unpaired) electrons. The van der Waals surface area contributed by atoms with Gasteiger partial charge in [-0.2, -0.15) is 10.1 Å². The van der Waals surface area contributed by atoms with Crippen LogP contribution in [0.25, 0.3) is 0 Å². The lowest BCUT2D eigenvalue weighted by atomic mass is 9.95. The maximum Gasteiger partial charge on any atom is 0.338 e. The first-order valence-electron chi connectivity index (χ1n) is 8.59. The van der Waals surface area contributed by atoms with Gasteiger partial charge in [0.05, 0.1) is 12.2 Å². The lowest BCUT2D eigenvalue weighted by molar-refractivity contribution is -0.141. The molecule has 2 aromatic rings. The molecule has 0 saturated carbocycles. The van der Waals surface area contributed by atoms with Gasteiger partial charge in [0.1, 0.15) is 30.6 Å². The van der Waals surface area contributed by atoms with Crippen molar-refractivity contribution in [1.29, 1.82) is 0 Å². The molecule has 0 fully saturated rings. The molecule has 1 atom stereocenters. The van der Waals surface area contributed by atoms with Gasteiger partial charge >= 0.3 is 5.97 Å². The SMILES string of the molecule is CCCOCCOC(=O)C1=C(C)Nc2ncnn2[C@H]1c1cc(F)cc(F)c1. The number of nitrogens with zero attached hydrogens (tertiary/aromatic N) is 3. The molecule has 1 aromatic carbocycles. The van der Waals surface area contributed by atoms with E-state index in [9.17, 15) is 13.6 Å². The van der Waals surface area contributed by atoms with E-state index in [1.165, 1.54) is 11.0 Å². The first-order valence-corrected chi connectivity index (χ1v) is 8.59. The maximum atomic E-state index is 13.8. The average Bonchev–Trinajstić information content (AvgIpc) is 3.07. The van der Waals surface area contributed by atoms with Gasteiger partial charge in [-0.05, 0) is 31.0 Å². The Labute approximate surface area is 155 Å². The number of carbonyl (C=O) groups is 1. The molecule has 0 saturated heterocycles. The van der Waals surface area contributed by atoms with E-state index in [4.69, 9.17) is 9.47 Å². The van der Waals surface area contributed by atoms with Crippen LogP contribution in [0.2, 0.25) is 0 Å². The minimum Gasteiger partial charge on any atom is -0.460 e. The van der Waals surface area contributed by atoms with Crippen LogP contribution >= 0.6 is 0 Å². The first-order chi connectivity index (χ1) is 13.0. The van der Waals surface area contributed by atoms with Crippen molar-refractivity contribution in [2.24, 2.45) is 0 Å². The average molecular weight is 378 g/mol. The second-order valence-corrected chi connectivity index (χ2v) is 6.05. The molecule has 1 aliphatic heterocycles. The molecule has 0 unspecified atom stereocenters. The summed E-state index contributed by atoms with van der Waals surface area (Å²) in [6.45, 7) is 4.57. The molecule has 144 valence electrons. The number of benzene rings is 1. The van der Waals surface area contributed by atoms with E-state index in [1.54, 1.807) is 6.92 Å². The summed E-state index contributed by atoms with van der Waals surface area (Å²) >= 11 is 0. The largest absolute Gasteiger partial charge is 0.460 e. The molecule has 7 nitrogen and oxygen atoms in total. The van der Waals surface area contributed by atoms with Gasteiger partial charge in [-0.3, -0.25) is 0 Å². The van der Waals surface area contributed by atoms with Crippen LogP contribution in [0.4, 0.5) is 14.7 Å². The van der Waals surface area contributed by atoms with Crippen LogP contribution in [0.5, 0.6) is 0 Å². The number of carbonyl (C=O) groups excluding carboxylic acids is 1. The smallest absolute Gasteiger partial charge is 0.338 e. The molecular formula is C18H20F2N4O3. The van der Waals surface area contributed by atoms with Crippen LogP contribution in [-0.2, 0) is 14.3 Å². The molecule has 1 N–H and O–H groups in total. The molecule has 0 bridgehead atoms. The van der Waals surface area contributed by atoms with Crippen molar-refractivity contribution < 1.29 is 23.0 Å². The molecule has 2 heterocycles. The Morgan fingerprint density at radius 3 is 2.67 bits per heavy atom. The molecule has 9 heteroatoms. The highest BCUT2D eigenvalue weighted by atomic mass is 19.1. The topological polar surface area (TPSA) is 78.3 Å². The number of halogens is 2. The number of hydrogen-bond donors (Lipinski definition) is 1. The summed E-state index contributed by atoms with van der Waals surface area (Å²) in [6.07, 6.45) is 2.16. The summed E-state index contributed by atoms with van der Waals surface area (Å²) in [6, 6.07) is 2.23. The Morgan fingerprint density at radius 2 is 1.96 bits per heavy atom. The van der Waals surface area contributed by atoms with E-state index in [-0.39, 0.29) is 24.4 Å². The van der Waals surface area contributed by atoms with Crippen LogP contribution in [0.3, 0.4) is 0 Å². The number of ether oxygens (including phenoxy) is 2. The van der Waals surface area contributed by atoms with E-state index in [2.05, 4.69) is 15.4 Å². The van der Waals surface area contributed by atoms with E-state index in [1.807, 2.05) is 6.92 Å². The highest BCUT2D eigenvalue weighted by Crippen LogP contribution is 2.35. The molecule has 0 spiro atoms. The van der Waals surface area contributed by atoms with Crippen molar-refractivity contribution in [2.75, 3.05) is 25.1 Å². The highest BCUT2D eigenvalue weighted by molar-refractivity contribution is 5.92. The van der Waals surface area contributed by atoms with Crippen molar-refractivity contribution in [3.8, 4) is 0 Å². The molecule has 27 heavy (non-hydrogen) atoms. The molecule has 3 rings (SSSR count). The predicted molar refractivity (Wildman–Crippen MR) is 92.9 cm³/mol. The number of rotatable bonds is 7. The van der Waals surface area contributed by atoms with Gasteiger partial charge in [-0.1, -0.05) is 6.92 Å². The zero-order chi connectivity index (χ0) is 19.4.